The number of nitrogens with zero attached hydrogens (tertiary/aromatic N) is 3. The number of nitrogens with two attached hydrogens (primary N) is 1. The number of halogens is 1. The molecule has 0 aliphatic carbocycles. The monoisotopic (exact) mass is 414 g/mol. The lowest BCUT2D eigenvalue weighted by Crippen LogP contribution is -2.21. The Morgan fingerprint density at radius 1 is 1.21 bits per heavy atom. The molecule has 9 nitrogen and oxygen atoms in total. The second-order valence-electron chi connectivity index (χ2n) is 6.15. The highest BCUT2D eigenvalue weighted by Crippen LogP contribution is 2.27. The van der Waals surface area contributed by atoms with Crippen LogP contribution in [0.2, 0.25) is 5.02 Å². The lowest BCUT2D eigenvalue weighted by molar-refractivity contribution is -0.116. The maximum absolute atomic E-state index is 12.4. The Kier molecular flexibility index (Phi) is 5.99. The first-order valence-corrected chi connectivity index (χ1v) is 8.96. The van der Waals surface area contributed by atoms with Crippen LogP contribution in [0.3, 0.4) is 0 Å². The fourth-order valence-electron chi connectivity index (χ4n) is 2.57. The Bertz CT molecular complexity index is 1070. The van der Waals surface area contributed by atoms with Gasteiger partial charge in [-0.1, -0.05) is 35.0 Å². The highest BCUT2D eigenvalue weighted by atomic mass is 35.5. The van der Waals surface area contributed by atoms with E-state index in [1.54, 1.807) is 30.3 Å². The standard InChI is InChI=1S/C19H19ClN6O3/c1-11-5-3-4-6-14(11)23-19(28)17-18(21)26(25-24-17)10-16(27)22-12-7-8-15(29-2)13(20)9-12/h3-9H,10,21H2,1-2H3,(H,22,27)(H,23,28). The fourth-order valence-corrected chi connectivity index (χ4v) is 2.83. The lowest BCUT2D eigenvalue weighted by Gasteiger charge is -2.09. The second-order valence-corrected chi connectivity index (χ2v) is 6.55. The number of methoxy groups -OCH3 is 1. The number of carbonyl (C=O) groups excluding carboxylic acids is 2. The zero-order chi connectivity index (χ0) is 21.0. The number of rotatable bonds is 6. The molecule has 2 amide bonds. The smallest absolute Gasteiger partial charge is 0.280 e. The van der Waals surface area contributed by atoms with Gasteiger partial charge < -0.3 is 21.1 Å². The van der Waals surface area contributed by atoms with Crippen molar-refractivity contribution in [1.29, 1.82) is 0 Å². The lowest BCUT2D eigenvalue weighted by atomic mass is 10.2. The van der Waals surface area contributed by atoms with Crippen molar-refractivity contribution in [1.82, 2.24) is 15.0 Å². The predicted octanol–water partition coefficient (Wildman–Crippen LogP) is 2.72. The number of hydrogen-bond acceptors (Lipinski definition) is 6. The highest BCUT2D eigenvalue weighted by Gasteiger charge is 2.19. The van der Waals surface area contributed by atoms with Gasteiger partial charge in [0, 0.05) is 11.4 Å². The van der Waals surface area contributed by atoms with Crippen LogP contribution in [0.25, 0.3) is 0 Å². The van der Waals surface area contributed by atoms with Crippen molar-refractivity contribution in [3.05, 3.63) is 58.7 Å². The maximum atomic E-state index is 12.4. The van der Waals surface area contributed by atoms with E-state index in [4.69, 9.17) is 22.1 Å². The van der Waals surface area contributed by atoms with Gasteiger partial charge in [-0.2, -0.15) is 0 Å². The summed E-state index contributed by atoms with van der Waals surface area (Å²) in [5.74, 6) is -0.437. The topological polar surface area (TPSA) is 124 Å². The Hall–Kier alpha value is -3.59. The van der Waals surface area contributed by atoms with E-state index in [-0.39, 0.29) is 18.1 Å². The van der Waals surface area contributed by atoms with E-state index >= 15 is 0 Å². The summed E-state index contributed by atoms with van der Waals surface area (Å²) in [5, 5.41) is 13.4. The molecule has 150 valence electrons. The van der Waals surface area contributed by atoms with Crippen molar-refractivity contribution in [3.63, 3.8) is 0 Å². The molecule has 0 spiro atoms. The fraction of sp³-hybridized carbons (Fsp3) is 0.158. The van der Waals surface area contributed by atoms with Gasteiger partial charge in [0.05, 0.1) is 12.1 Å². The molecule has 0 atom stereocenters. The van der Waals surface area contributed by atoms with Crippen molar-refractivity contribution >= 4 is 40.6 Å². The summed E-state index contributed by atoms with van der Waals surface area (Å²) >= 11 is 6.05. The van der Waals surface area contributed by atoms with Crippen molar-refractivity contribution in [3.8, 4) is 5.75 Å². The van der Waals surface area contributed by atoms with Gasteiger partial charge in [0.25, 0.3) is 5.91 Å². The Balaban J connectivity index is 1.67. The summed E-state index contributed by atoms with van der Waals surface area (Å²) in [4.78, 5) is 24.7. The molecular weight excluding hydrogens is 396 g/mol. The molecule has 10 heteroatoms. The molecule has 1 heterocycles. The van der Waals surface area contributed by atoms with Crippen LogP contribution in [0.15, 0.2) is 42.5 Å². The zero-order valence-corrected chi connectivity index (χ0v) is 16.5. The first kappa shape index (κ1) is 20.2. The highest BCUT2D eigenvalue weighted by molar-refractivity contribution is 6.32. The predicted molar refractivity (Wildman–Crippen MR) is 110 cm³/mol. The summed E-state index contributed by atoms with van der Waals surface area (Å²) in [6.45, 7) is 1.64. The molecule has 4 N–H and O–H groups in total. The molecule has 2 aromatic carbocycles. The summed E-state index contributed by atoms with van der Waals surface area (Å²) in [7, 11) is 1.50. The van der Waals surface area contributed by atoms with Gasteiger partial charge >= 0.3 is 0 Å². The minimum atomic E-state index is -0.509. The van der Waals surface area contributed by atoms with Gasteiger partial charge in [0.15, 0.2) is 11.5 Å². The number of amides is 2. The molecule has 0 aliphatic heterocycles. The van der Waals surface area contributed by atoms with Crippen LogP contribution in [0.1, 0.15) is 16.1 Å². The van der Waals surface area contributed by atoms with E-state index in [1.165, 1.54) is 7.11 Å². The second kappa shape index (κ2) is 8.61. The maximum Gasteiger partial charge on any atom is 0.280 e. The van der Waals surface area contributed by atoms with Crippen LogP contribution >= 0.6 is 11.6 Å². The number of anilines is 3. The third-order valence-electron chi connectivity index (χ3n) is 4.11. The number of benzene rings is 2. The normalized spacial score (nSPS) is 10.4. The first-order valence-electron chi connectivity index (χ1n) is 8.58. The Morgan fingerprint density at radius 2 is 1.97 bits per heavy atom. The molecular formula is C19H19ClN6O3. The van der Waals surface area contributed by atoms with Crippen molar-refractivity contribution in [2.75, 3.05) is 23.5 Å². The molecule has 0 saturated heterocycles. The van der Waals surface area contributed by atoms with Gasteiger partial charge in [-0.05, 0) is 36.8 Å². The molecule has 29 heavy (non-hydrogen) atoms. The number of aryl methyl sites for hydroxylation is 1. The minimum absolute atomic E-state index is 0.0148. The Labute approximate surface area is 171 Å². The van der Waals surface area contributed by atoms with Crippen LogP contribution < -0.4 is 21.1 Å². The minimum Gasteiger partial charge on any atom is -0.495 e. The van der Waals surface area contributed by atoms with Crippen LogP contribution in [-0.4, -0.2) is 33.9 Å². The molecule has 3 aromatic rings. The Morgan fingerprint density at radius 3 is 2.66 bits per heavy atom. The summed E-state index contributed by atoms with van der Waals surface area (Å²) < 4.78 is 6.22. The average molecular weight is 415 g/mol. The molecule has 0 bridgehead atoms. The van der Waals surface area contributed by atoms with Crippen LogP contribution in [-0.2, 0) is 11.3 Å². The third kappa shape index (κ3) is 4.64. The molecule has 0 radical (unpaired) electrons. The molecule has 0 saturated carbocycles. The van der Waals surface area contributed by atoms with Gasteiger partial charge in [0.1, 0.15) is 12.3 Å². The number of hydrogen-bond donors (Lipinski definition) is 3. The van der Waals surface area contributed by atoms with E-state index in [2.05, 4.69) is 20.9 Å². The van der Waals surface area contributed by atoms with Crippen LogP contribution in [0.4, 0.5) is 17.2 Å². The largest absolute Gasteiger partial charge is 0.495 e. The van der Waals surface area contributed by atoms with E-state index in [9.17, 15) is 9.59 Å². The van der Waals surface area contributed by atoms with Crippen molar-refractivity contribution in [2.24, 2.45) is 0 Å². The van der Waals surface area contributed by atoms with Gasteiger partial charge in [-0.15, -0.1) is 5.10 Å². The summed E-state index contributed by atoms with van der Waals surface area (Å²) in [5.41, 5.74) is 7.91. The first-order chi connectivity index (χ1) is 13.9. The van der Waals surface area contributed by atoms with Gasteiger partial charge in [0.2, 0.25) is 5.91 Å². The SMILES string of the molecule is COc1ccc(NC(=O)Cn2nnc(C(=O)Nc3ccccc3C)c2N)cc1Cl. The summed E-state index contributed by atoms with van der Waals surface area (Å²) in [6.07, 6.45) is 0. The van der Waals surface area contributed by atoms with E-state index < -0.39 is 11.8 Å². The number of para-hydroxylation sites is 1. The quantitative estimate of drug-likeness (QED) is 0.569. The van der Waals surface area contributed by atoms with Crippen LogP contribution in [0, 0.1) is 6.92 Å². The summed E-state index contributed by atoms with van der Waals surface area (Å²) in [6, 6.07) is 12.1. The van der Waals surface area contributed by atoms with Crippen molar-refractivity contribution < 1.29 is 14.3 Å². The number of aromatic nitrogens is 3. The molecule has 1 aromatic heterocycles. The van der Waals surface area contributed by atoms with Crippen LogP contribution in [0.5, 0.6) is 5.75 Å². The molecule has 0 aliphatic rings. The number of carbonyl (C=O) groups is 2. The number of ether oxygens (including phenoxy) is 1. The third-order valence-corrected chi connectivity index (χ3v) is 4.41. The van der Waals surface area contributed by atoms with E-state index in [0.717, 1.165) is 10.2 Å². The number of nitrogens with one attached hydrogen (secondary N) is 2. The zero-order valence-electron chi connectivity index (χ0n) is 15.8. The van der Waals surface area contributed by atoms with E-state index in [0.29, 0.717) is 22.1 Å². The molecule has 0 fully saturated rings. The van der Waals surface area contributed by atoms with Crippen molar-refractivity contribution in [2.45, 2.75) is 13.5 Å². The van der Waals surface area contributed by atoms with E-state index in [1.807, 2.05) is 19.1 Å². The molecule has 0 unspecified atom stereocenters. The van der Waals surface area contributed by atoms with Gasteiger partial charge in [-0.25, -0.2) is 4.68 Å². The molecule has 3 rings (SSSR count). The number of nitrogen functional groups attached to an aromatic ring is 1. The van der Waals surface area contributed by atoms with Gasteiger partial charge in [-0.3, -0.25) is 9.59 Å². The average Bonchev–Trinajstić information content (AvgIpc) is 3.04.